The zero-order valence-electron chi connectivity index (χ0n) is 50.0. The minimum absolute atomic E-state index is 0.00111. The number of carbonyl (C=O) groups excluding carboxylic acids is 3. The average molecular weight is 1330 g/mol. The molecule has 2 saturated heterocycles. The van der Waals surface area contributed by atoms with Crippen molar-refractivity contribution < 1.29 is 133 Å². The Labute approximate surface area is 524 Å². The Morgan fingerprint density at radius 1 is 0.511 bits per heavy atom. The molecule has 3 amide bonds. The second-order valence-corrected chi connectivity index (χ2v) is 20.0. The third-order valence-corrected chi connectivity index (χ3v) is 13.0. The topological polar surface area (TPSA) is 404 Å². The molecule has 10 atom stereocenters. The van der Waals surface area contributed by atoms with Gasteiger partial charge in [0.05, 0.1) is 163 Å². The number of rotatable bonds is 45. The Morgan fingerprint density at radius 2 is 0.902 bits per heavy atom. The van der Waals surface area contributed by atoms with Gasteiger partial charge in [-0.2, -0.15) is 26.3 Å². The Bertz CT molecular complexity index is 2400. The van der Waals surface area contributed by atoms with Crippen molar-refractivity contribution in [3.63, 3.8) is 0 Å². The van der Waals surface area contributed by atoms with Gasteiger partial charge in [0.15, 0.2) is 24.0 Å². The van der Waals surface area contributed by atoms with Crippen LogP contribution in [-0.2, 0) is 90.1 Å². The Morgan fingerprint density at radius 3 is 1.29 bits per heavy atom. The van der Waals surface area contributed by atoms with Crippen molar-refractivity contribution in [2.45, 2.75) is 99.1 Å². The molecule has 0 aliphatic carbocycles. The fourth-order valence-electron chi connectivity index (χ4n) is 8.32. The molecular formula is C55H81F6N9O22. The molecule has 0 spiro atoms. The number of carbonyl (C=O) groups is 3. The maximum absolute atomic E-state index is 13.2. The normalized spacial score (nSPS) is 21.8. The summed E-state index contributed by atoms with van der Waals surface area (Å²) in [4.78, 5) is 51.5. The van der Waals surface area contributed by atoms with Gasteiger partial charge in [0.1, 0.15) is 67.0 Å². The van der Waals surface area contributed by atoms with E-state index >= 15 is 0 Å². The van der Waals surface area contributed by atoms with Crippen LogP contribution >= 0.6 is 0 Å². The van der Waals surface area contributed by atoms with Gasteiger partial charge in [0.25, 0.3) is 0 Å². The van der Waals surface area contributed by atoms with Crippen LogP contribution in [0.25, 0.3) is 0 Å². The van der Waals surface area contributed by atoms with Crippen LogP contribution in [0.15, 0.2) is 55.1 Å². The molecule has 0 radical (unpaired) electrons. The minimum atomic E-state index is -4.79. The number of aromatic nitrogens is 4. The fourth-order valence-corrected chi connectivity index (χ4v) is 8.32. The Hall–Kier alpha value is -5.95. The molecule has 0 unspecified atom stereocenters. The van der Waals surface area contributed by atoms with Crippen LogP contribution in [0.5, 0.6) is 0 Å². The lowest BCUT2D eigenvalue weighted by atomic mass is 9.97. The first kappa shape index (κ1) is 76.8. The zero-order valence-corrected chi connectivity index (χ0v) is 50.0. The van der Waals surface area contributed by atoms with Gasteiger partial charge in [-0.1, -0.05) is 30.3 Å². The van der Waals surface area contributed by atoms with Gasteiger partial charge >= 0.3 is 18.4 Å². The minimum Gasteiger partial charge on any atom is -0.445 e. The number of amides is 3. The molecule has 520 valence electrons. The van der Waals surface area contributed by atoms with E-state index in [0.717, 1.165) is 18.0 Å². The summed E-state index contributed by atoms with van der Waals surface area (Å²) in [5.41, 5.74) is -1.81. The zero-order chi connectivity index (χ0) is 66.6. The smallest absolute Gasteiger partial charge is 0.434 e. The van der Waals surface area contributed by atoms with Crippen molar-refractivity contribution in [2.24, 2.45) is 0 Å². The van der Waals surface area contributed by atoms with E-state index in [0.29, 0.717) is 12.4 Å². The summed E-state index contributed by atoms with van der Waals surface area (Å²) < 4.78 is 151. The first-order valence-electron chi connectivity index (χ1n) is 29.2. The largest absolute Gasteiger partial charge is 0.445 e. The van der Waals surface area contributed by atoms with Gasteiger partial charge in [-0.3, -0.25) is 19.6 Å². The van der Waals surface area contributed by atoms with Crippen molar-refractivity contribution >= 4 is 29.5 Å². The second kappa shape index (κ2) is 42.4. The van der Waals surface area contributed by atoms with Crippen molar-refractivity contribution in [1.29, 1.82) is 0 Å². The van der Waals surface area contributed by atoms with Gasteiger partial charge in [0.2, 0.25) is 11.8 Å². The van der Waals surface area contributed by atoms with E-state index in [1.807, 2.05) is 6.07 Å². The van der Waals surface area contributed by atoms with E-state index in [-0.39, 0.29) is 175 Å². The third kappa shape index (κ3) is 29.1. The number of anilines is 2. The standard InChI is InChI=1S/C55H81F6N9O22/c56-54(57,58)39-26-62-28-41(67-39)69-45-49(77)47(75)37(30-71)91-51(45)88-24-22-84-20-18-82-16-14-80-12-8-64-43(73)6-10-86-33-36(66-53(79)90-32-35-4-2-1-3-5-35)34-87-11-7-44(74)65-9-13-81-15-17-83-19-21-85-23-25-89-52-46(50(78)48(76)38(31-72)92-52)70-42-29-63-27-40(68-42)55(59,60)61/h1-5,26-29,36-38,45-52,71-72,75-78H,6-25,30-34H2,(H,64,73)(H,65,74)(H,66,79)(H,67,69)(H,68,70)/t37-,38-,45-,46-,47+,48+,49-,50-,51-,52-/m1/s1. The first-order chi connectivity index (χ1) is 44.3. The molecular weight excluding hydrogens is 1250 g/mol. The van der Waals surface area contributed by atoms with E-state index in [1.54, 1.807) is 24.3 Å². The highest BCUT2D eigenvalue weighted by Gasteiger charge is 2.47. The number of halogens is 6. The summed E-state index contributed by atoms with van der Waals surface area (Å²) in [5.74, 6) is -1.37. The molecule has 0 bridgehead atoms. The third-order valence-electron chi connectivity index (χ3n) is 13.0. The van der Waals surface area contributed by atoms with Gasteiger partial charge in [-0.15, -0.1) is 0 Å². The van der Waals surface area contributed by atoms with Crippen LogP contribution < -0.4 is 26.6 Å². The van der Waals surface area contributed by atoms with Gasteiger partial charge in [-0.05, 0) is 5.56 Å². The molecule has 31 nitrogen and oxygen atoms in total. The molecule has 3 aromatic rings. The number of benzene rings is 1. The summed E-state index contributed by atoms with van der Waals surface area (Å²) >= 11 is 0. The molecule has 37 heteroatoms. The highest BCUT2D eigenvalue weighted by molar-refractivity contribution is 5.76. The Balaban J connectivity index is 0.851. The average Bonchev–Trinajstić information content (AvgIpc) is 0.853. The molecule has 2 fully saturated rings. The van der Waals surface area contributed by atoms with E-state index in [2.05, 4.69) is 46.5 Å². The molecule has 1 aromatic carbocycles. The molecule has 2 aliphatic heterocycles. The SMILES string of the molecule is O=C(CCOCC(COCCC(=O)NCCOCCOCCOCCO[C@@H]1O[C@H](CO)[C@H](O)[C@H](O)[C@H]1Nc1cncc(C(F)(F)F)n1)NC(=O)OCc1ccccc1)NCCOCCOCCOCCO[C@@H]1O[C@H](CO)[C@H](O)[C@H](O)[C@H]1Nc1cncc(C(F)(F)F)n1. The monoisotopic (exact) mass is 1330 g/mol. The van der Waals surface area contributed by atoms with E-state index < -0.39 is 110 Å². The van der Waals surface area contributed by atoms with Crippen LogP contribution in [0.4, 0.5) is 42.8 Å². The number of hydrogen-bond acceptors (Lipinski definition) is 28. The number of nitrogens with zero attached hydrogens (tertiary/aromatic N) is 4. The molecule has 4 heterocycles. The highest BCUT2D eigenvalue weighted by Crippen LogP contribution is 2.31. The lowest BCUT2D eigenvalue weighted by Crippen LogP contribution is -2.62. The number of hydrogen-bond donors (Lipinski definition) is 11. The van der Waals surface area contributed by atoms with E-state index in [1.165, 1.54) is 0 Å². The quantitative estimate of drug-likeness (QED) is 0.0237. The number of alkyl carbamates (subject to hydrolysis) is 1. The molecule has 0 saturated carbocycles. The lowest BCUT2D eigenvalue weighted by Gasteiger charge is -2.42. The number of aliphatic hydroxyl groups is 6. The van der Waals surface area contributed by atoms with Crippen LogP contribution in [0.1, 0.15) is 29.8 Å². The Kier molecular flexibility index (Phi) is 35.4. The van der Waals surface area contributed by atoms with Gasteiger partial charge < -0.3 is 119 Å². The maximum atomic E-state index is 13.2. The molecule has 2 aromatic heterocycles. The molecule has 92 heavy (non-hydrogen) atoms. The summed E-state index contributed by atoms with van der Waals surface area (Å²) in [5, 5.41) is 74.4. The van der Waals surface area contributed by atoms with Crippen LogP contribution in [0.2, 0.25) is 0 Å². The van der Waals surface area contributed by atoms with Gasteiger partial charge in [-0.25, -0.2) is 14.8 Å². The van der Waals surface area contributed by atoms with Crippen molar-refractivity contribution in [3.8, 4) is 0 Å². The number of nitrogens with one attached hydrogen (secondary N) is 5. The predicted molar refractivity (Wildman–Crippen MR) is 302 cm³/mol. The fraction of sp³-hybridized carbons (Fsp3) is 0.691. The van der Waals surface area contributed by atoms with Crippen LogP contribution in [0.3, 0.4) is 0 Å². The van der Waals surface area contributed by atoms with Crippen LogP contribution in [0, 0.1) is 0 Å². The molecule has 11 N–H and O–H groups in total. The first-order valence-corrected chi connectivity index (χ1v) is 29.2. The molecule has 2 aliphatic rings. The second-order valence-electron chi connectivity index (χ2n) is 20.0. The predicted octanol–water partition coefficient (Wildman–Crippen LogP) is -1.08. The number of alkyl halides is 6. The van der Waals surface area contributed by atoms with Crippen molar-refractivity contribution in [2.75, 3.05) is 156 Å². The number of ether oxygens (including phenoxy) is 13. The van der Waals surface area contributed by atoms with E-state index in [9.17, 15) is 71.4 Å². The van der Waals surface area contributed by atoms with E-state index in [4.69, 9.17) is 61.6 Å². The van der Waals surface area contributed by atoms with Crippen molar-refractivity contribution in [1.82, 2.24) is 35.9 Å². The summed E-state index contributed by atoms with van der Waals surface area (Å²) in [6.07, 6.45) is -18.9. The highest BCUT2D eigenvalue weighted by atomic mass is 19.4. The van der Waals surface area contributed by atoms with Gasteiger partial charge in [0, 0.05) is 25.9 Å². The summed E-state index contributed by atoms with van der Waals surface area (Å²) in [7, 11) is 0. The number of aliphatic hydroxyl groups excluding tert-OH is 6. The van der Waals surface area contributed by atoms with Crippen molar-refractivity contribution in [3.05, 3.63) is 72.1 Å². The maximum Gasteiger partial charge on any atom is 0.434 e. The lowest BCUT2D eigenvalue weighted by molar-refractivity contribution is -0.264. The summed E-state index contributed by atoms with van der Waals surface area (Å²) in [6.45, 7) is 0.550. The molecule has 5 rings (SSSR count). The summed E-state index contributed by atoms with van der Waals surface area (Å²) in [6, 6.07) is 5.70. The van der Waals surface area contributed by atoms with Crippen LogP contribution in [-0.4, -0.2) is 281 Å².